The van der Waals surface area contributed by atoms with Crippen molar-refractivity contribution in [3.05, 3.63) is 35.9 Å². The predicted molar refractivity (Wildman–Crippen MR) is 74.7 cm³/mol. The molecule has 106 valence electrons. The van der Waals surface area contributed by atoms with E-state index in [0.717, 1.165) is 5.56 Å². The fraction of sp³-hybridized carbons (Fsp3) is 0.533. The van der Waals surface area contributed by atoms with Gasteiger partial charge in [0.2, 0.25) is 0 Å². The highest BCUT2D eigenvalue weighted by Gasteiger charge is 2.27. The number of aliphatic hydroxyl groups is 1. The SMILES string of the molecule is [2H]C([2H])(O)C(C)(CC(C)C)NC(=O)OCc1ccccc1. The Kier molecular flexibility index (Phi) is 4.69. The van der Waals surface area contributed by atoms with Crippen LogP contribution in [0, 0.1) is 5.92 Å². The zero-order valence-electron chi connectivity index (χ0n) is 13.6. The Morgan fingerprint density at radius 1 is 1.47 bits per heavy atom. The first-order valence-electron chi connectivity index (χ1n) is 7.35. The van der Waals surface area contributed by atoms with Gasteiger partial charge < -0.3 is 15.2 Å². The molecule has 0 aliphatic carbocycles. The van der Waals surface area contributed by atoms with Crippen LogP contribution in [0.2, 0.25) is 0 Å². The summed E-state index contributed by atoms with van der Waals surface area (Å²) in [4.78, 5) is 11.8. The van der Waals surface area contributed by atoms with Crippen molar-refractivity contribution in [2.45, 2.75) is 39.3 Å². The number of alkyl carbamates (subject to hydrolysis) is 1. The normalized spacial score (nSPS) is 16.3. The quantitative estimate of drug-likeness (QED) is 0.833. The molecule has 1 aromatic rings. The fourth-order valence-corrected chi connectivity index (χ4v) is 1.93. The summed E-state index contributed by atoms with van der Waals surface area (Å²) < 4.78 is 20.1. The Morgan fingerprint density at radius 2 is 2.11 bits per heavy atom. The van der Waals surface area contributed by atoms with E-state index in [2.05, 4.69) is 5.32 Å². The van der Waals surface area contributed by atoms with Gasteiger partial charge in [-0.15, -0.1) is 0 Å². The van der Waals surface area contributed by atoms with Crippen molar-refractivity contribution in [1.29, 1.82) is 0 Å². The molecular weight excluding hydrogens is 242 g/mol. The summed E-state index contributed by atoms with van der Waals surface area (Å²) in [6, 6.07) is 9.19. The van der Waals surface area contributed by atoms with Crippen molar-refractivity contribution >= 4 is 6.09 Å². The summed E-state index contributed by atoms with van der Waals surface area (Å²) in [5.41, 5.74) is -0.570. The van der Waals surface area contributed by atoms with Crippen LogP contribution in [0.3, 0.4) is 0 Å². The van der Waals surface area contributed by atoms with Crippen LogP contribution in [-0.4, -0.2) is 23.3 Å². The zero-order valence-corrected chi connectivity index (χ0v) is 11.6. The van der Waals surface area contributed by atoms with E-state index in [1.54, 1.807) is 0 Å². The Morgan fingerprint density at radius 3 is 2.63 bits per heavy atom. The maximum Gasteiger partial charge on any atom is 0.407 e. The number of nitrogens with one attached hydrogen (secondary N) is 1. The number of hydrogen-bond acceptors (Lipinski definition) is 3. The average molecular weight is 267 g/mol. The monoisotopic (exact) mass is 267 g/mol. The van der Waals surface area contributed by atoms with Gasteiger partial charge in [-0.3, -0.25) is 0 Å². The molecule has 0 saturated carbocycles. The number of amides is 1. The van der Waals surface area contributed by atoms with Crippen LogP contribution in [0.15, 0.2) is 30.3 Å². The van der Waals surface area contributed by atoms with Gasteiger partial charge in [-0.2, -0.15) is 0 Å². The van der Waals surface area contributed by atoms with Crippen LogP contribution < -0.4 is 5.32 Å². The summed E-state index contributed by atoms with van der Waals surface area (Å²) in [6.45, 7) is 2.81. The molecule has 1 amide bonds. The number of benzene rings is 1. The van der Waals surface area contributed by atoms with E-state index in [4.69, 9.17) is 7.48 Å². The Balaban J connectivity index is 2.64. The number of hydrogen-bond donors (Lipinski definition) is 2. The first-order chi connectivity index (χ1) is 9.64. The second-order valence-corrected chi connectivity index (χ2v) is 5.23. The molecule has 1 rings (SSSR count). The largest absolute Gasteiger partial charge is 0.445 e. The van der Waals surface area contributed by atoms with Gasteiger partial charge >= 0.3 is 6.09 Å². The van der Waals surface area contributed by atoms with Crippen molar-refractivity contribution in [2.24, 2.45) is 5.92 Å². The van der Waals surface area contributed by atoms with E-state index in [1.807, 2.05) is 44.2 Å². The summed E-state index contributed by atoms with van der Waals surface area (Å²) in [6.07, 6.45) is -0.461. The summed E-state index contributed by atoms with van der Waals surface area (Å²) in [5.74, 6) is 0.103. The fourth-order valence-electron chi connectivity index (χ4n) is 1.93. The van der Waals surface area contributed by atoms with E-state index in [1.165, 1.54) is 6.92 Å². The van der Waals surface area contributed by atoms with Gasteiger partial charge in [0.1, 0.15) is 6.61 Å². The molecular formula is C15H23NO3. The molecule has 19 heavy (non-hydrogen) atoms. The lowest BCUT2D eigenvalue weighted by Gasteiger charge is -2.29. The highest BCUT2D eigenvalue weighted by molar-refractivity contribution is 5.68. The first kappa shape index (κ1) is 12.5. The summed E-state index contributed by atoms with van der Waals surface area (Å²) in [5, 5.41) is 12.1. The van der Waals surface area contributed by atoms with Crippen LogP contribution >= 0.6 is 0 Å². The molecule has 0 aliphatic rings. The standard InChI is InChI=1S/C15H23NO3/c1-12(2)9-15(3,11-17)16-14(18)19-10-13-7-5-4-6-8-13/h4-8,12,17H,9-11H2,1-3H3,(H,16,18)/i11D2. The molecule has 0 saturated heterocycles. The molecule has 4 heteroatoms. The zero-order chi connectivity index (χ0) is 16.1. The van der Waals surface area contributed by atoms with E-state index in [9.17, 15) is 9.90 Å². The molecule has 0 fully saturated rings. The van der Waals surface area contributed by atoms with Crippen molar-refractivity contribution < 1.29 is 17.4 Å². The lowest BCUT2D eigenvalue weighted by atomic mass is 9.92. The molecule has 0 heterocycles. The Hall–Kier alpha value is -1.55. The molecule has 0 aliphatic heterocycles. The maximum atomic E-state index is 11.8. The summed E-state index contributed by atoms with van der Waals surface area (Å²) >= 11 is 0. The molecule has 2 N–H and O–H groups in total. The lowest BCUT2D eigenvalue weighted by Crippen LogP contribution is -2.49. The van der Waals surface area contributed by atoms with E-state index in [-0.39, 0.29) is 18.9 Å². The van der Waals surface area contributed by atoms with Gasteiger partial charge in [-0.05, 0) is 24.8 Å². The lowest BCUT2D eigenvalue weighted by molar-refractivity contribution is 0.104. The van der Waals surface area contributed by atoms with E-state index >= 15 is 0 Å². The van der Waals surface area contributed by atoms with Crippen LogP contribution in [0.4, 0.5) is 4.79 Å². The van der Waals surface area contributed by atoms with E-state index < -0.39 is 18.2 Å². The Bertz CT molecular complexity index is 460. The van der Waals surface area contributed by atoms with Gasteiger partial charge in [0.05, 0.1) is 14.8 Å². The van der Waals surface area contributed by atoms with Crippen LogP contribution in [-0.2, 0) is 11.3 Å². The smallest absolute Gasteiger partial charge is 0.407 e. The number of carbonyl (C=O) groups is 1. The number of ether oxygens (including phenoxy) is 1. The molecule has 1 atom stereocenters. The minimum atomic E-state index is -2.54. The maximum absolute atomic E-state index is 11.8. The summed E-state index contributed by atoms with van der Waals surface area (Å²) in [7, 11) is 0. The van der Waals surface area contributed by atoms with Gasteiger partial charge in [-0.1, -0.05) is 44.2 Å². The van der Waals surface area contributed by atoms with Gasteiger partial charge in [-0.25, -0.2) is 4.79 Å². The third kappa shape index (κ3) is 5.75. The van der Waals surface area contributed by atoms with Crippen molar-refractivity contribution in [2.75, 3.05) is 6.56 Å². The van der Waals surface area contributed by atoms with Crippen molar-refractivity contribution in [3.8, 4) is 0 Å². The van der Waals surface area contributed by atoms with Gasteiger partial charge in [0.15, 0.2) is 0 Å². The highest BCUT2D eigenvalue weighted by Crippen LogP contribution is 2.16. The third-order valence-corrected chi connectivity index (χ3v) is 2.65. The third-order valence-electron chi connectivity index (χ3n) is 2.65. The number of carbonyl (C=O) groups excluding carboxylic acids is 1. The highest BCUT2D eigenvalue weighted by atomic mass is 16.5. The van der Waals surface area contributed by atoms with Crippen LogP contribution in [0.1, 0.15) is 35.5 Å². The molecule has 0 radical (unpaired) electrons. The average Bonchev–Trinajstić information content (AvgIpc) is 2.35. The predicted octanol–water partition coefficient (Wildman–Crippen LogP) is 2.71. The Labute approximate surface area is 117 Å². The van der Waals surface area contributed by atoms with Crippen LogP contribution in [0.25, 0.3) is 0 Å². The minimum Gasteiger partial charge on any atom is -0.445 e. The topological polar surface area (TPSA) is 58.6 Å². The van der Waals surface area contributed by atoms with Gasteiger partial charge in [0.25, 0.3) is 0 Å². The second-order valence-electron chi connectivity index (χ2n) is 5.23. The molecule has 1 aromatic carbocycles. The molecule has 0 aromatic heterocycles. The molecule has 4 nitrogen and oxygen atoms in total. The second kappa shape index (κ2) is 7.14. The molecule has 0 bridgehead atoms. The van der Waals surface area contributed by atoms with E-state index in [0.29, 0.717) is 0 Å². The van der Waals surface area contributed by atoms with Gasteiger partial charge in [0, 0.05) is 0 Å². The van der Waals surface area contributed by atoms with Crippen molar-refractivity contribution in [1.82, 2.24) is 5.32 Å². The molecule has 1 unspecified atom stereocenters. The minimum absolute atomic E-state index is 0.0961. The van der Waals surface area contributed by atoms with Crippen LogP contribution in [0.5, 0.6) is 0 Å². The molecule has 0 spiro atoms. The number of rotatable bonds is 6. The van der Waals surface area contributed by atoms with Crippen molar-refractivity contribution in [3.63, 3.8) is 0 Å². The first-order valence-corrected chi connectivity index (χ1v) is 6.35.